The first-order chi connectivity index (χ1) is 8.56. The lowest BCUT2D eigenvalue weighted by Crippen LogP contribution is -2.18. The molecule has 0 bridgehead atoms. The Labute approximate surface area is 111 Å². The van der Waals surface area contributed by atoms with Gasteiger partial charge in [-0.15, -0.1) is 11.3 Å². The number of carboxylic acid groups (broad SMARTS) is 1. The monoisotopic (exact) mass is 283 g/mol. The van der Waals surface area contributed by atoms with E-state index in [1.165, 1.54) is 11.3 Å². The van der Waals surface area contributed by atoms with Crippen molar-refractivity contribution in [1.82, 2.24) is 4.98 Å². The predicted octanol–water partition coefficient (Wildman–Crippen LogP) is 2.27. The summed E-state index contributed by atoms with van der Waals surface area (Å²) in [7, 11) is -1.18. The van der Waals surface area contributed by atoms with Gasteiger partial charge in [0.15, 0.2) is 0 Å². The van der Waals surface area contributed by atoms with E-state index in [1.54, 1.807) is 6.92 Å². The number of thiazole rings is 1. The summed E-state index contributed by atoms with van der Waals surface area (Å²) in [6, 6.07) is 7.74. The molecule has 6 heteroatoms. The van der Waals surface area contributed by atoms with Crippen molar-refractivity contribution in [3.05, 3.63) is 29.3 Å². The molecule has 0 amide bonds. The third-order valence-corrected chi connectivity index (χ3v) is 5.17. The maximum atomic E-state index is 11.8. The van der Waals surface area contributed by atoms with Crippen LogP contribution in [0.25, 0.3) is 10.2 Å². The van der Waals surface area contributed by atoms with Crippen molar-refractivity contribution in [2.45, 2.75) is 12.7 Å². The molecular weight excluding hydrogens is 270 g/mol. The average Bonchev–Trinajstić information content (AvgIpc) is 2.70. The van der Waals surface area contributed by atoms with Gasteiger partial charge in [-0.2, -0.15) is 0 Å². The number of hydrogen-bond donors (Lipinski definition) is 1. The zero-order valence-electron chi connectivity index (χ0n) is 9.83. The van der Waals surface area contributed by atoms with Crippen LogP contribution >= 0.6 is 11.3 Å². The zero-order valence-corrected chi connectivity index (χ0v) is 11.5. The van der Waals surface area contributed by atoms with Crippen LogP contribution < -0.4 is 0 Å². The zero-order chi connectivity index (χ0) is 13.1. The maximum absolute atomic E-state index is 11.8. The predicted molar refractivity (Wildman–Crippen MR) is 73.1 cm³/mol. The highest BCUT2D eigenvalue weighted by molar-refractivity contribution is 7.84. The second kappa shape index (κ2) is 5.58. The molecule has 0 aliphatic rings. The summed E-state index contributed by atoms with van der Waals surface area (Å²) >= 11 is 1.51. The number of benzene rings is 1. The SMILES string of the molecule is CC(CS(=O)Cc1nc2ccccc2s1)C(=O)O. The quantitative estimate of drug-likeness (QED) is 0.914. The van der Waals surface area contributed by atoms with Crippen LogP contribution in [0.3, 0.4) is 0 Å². The van der Waals surface area contributed by atoms with E-state index in [4.69, 9.17) is 5.11 Å². The molecule has 2 unspecified atom stereocenters. The van der Waals surface area contributed by atoms with Crippen molar-refractivity contribution >= 4 is 38.3 Å². The van der Waals surface area contributed by atoms with Crippen LogP contribution in [0, 0.1) is 5.92 Å². The Hall–Kier alpha value is -1.27. The van der Waals surface area contributed by atoms with E-state index in [9.17, 15) is 9.00 Å². The van der Waals surface area contributed by atoms with Gasteiger partial charge in [0, 0.05) is 16.6 Å². The van der Waals surface area contributed by atoms with Gasteiger partial charge in [0.05, 0.1) is 21.9 Å². The summed E-state index contributed by atoms with van der Waals surface area (Å²) in [5.74, 6) is -0.991. The number of hydrogen-bond acceptors (Lipinski definition) is 4. The molecule has 0 saturated heterocycles. The molecule has 96 valence electrons. The molecule has 0 radical (unpaired) electrons. The molecule has 0 aliphatic carbocycles. The number of rotatable bonds is 5. The van der Waals surface area contributed by atoms with Gasteiger partial charge in [0.1, 0.15) is 5.01 Å². The highest BCUT2D eigenvalue weighted by Gasteiger charge is 2.16. The van der Waals surface area contributed by atoms with Crippen LogP contribution in [-0.2, 0) is 21.3 Å². The molecule has 0 saturated carbocycles. The number of nitrogens with zero attached hydrogens (tertiary/aromatic N) is 1. The van der Waals surface area contributed by atoms with Crippen molar-refractivity contribution in [3.63, 3.8) is 0 Å². The van der Waals surface area contributed by atoms with Gasteiger partial charge in [0.25, 0.3) is 0 Å². The van der Waals surface area contributed by atoms with Gasteiger partial charge in [-0.25, -0.2) is 4.98 Å². The van der Waals surface area contributed by atoms with E-state index in [0.29, 0.717) is 5.75 Å². The number of carboxylic acids is 1. The third kappa shape index (κ3) is 3.14. The number of fused-ring (bicyclic) bond motifs is 1. The van der Waals surface area contributed by atoms with Gasteiger partial charge >= 0.3 is 5.97 Å². The number of aromatic nitrogens is 1. The first-order valence-corrected chi connectivity index (χ1v) is 7.79. The minimum atomic E-state index is -1.18. The molecule has 2 rings (SSSR count). The Bertz CT molecular complexity index is 561. The fourth-order valence-electron chi connectivity index (χ4n) is 1.53. The summed E-state index contributed by atoms with van der Waals surface area (Å²) in [5, 5.41) is 9.56. The fourth-order valence-corrected chi connectivity index (χ4v) is 4.08. The standard InChI is InChI=1S/C12H13NO3S2/c1-8(12(14)15)6-18(16)7-11-13-9-4-2-3-5-10(9)17-11/h2-5,8H,6-7H2,1H3,(H,14,15). The van der Waals surface area contributed by atoms with Crippen molar-refractivity contribution in [3.8, 4) is 0 Å². The molecule has 2 atom stereocenters. The molecule has 0 fully saturated rings. The summed E-state index contributed by atoms with van der Waals surface area (Å²) in [4.78, 5) is 15.1. The second-order valence-corrected chi connectivity index (χ2v) is 6.68. The molecule has 1 N–H and O–H groups in total. The lowest BCUT2D eigenvalue weighted by Gasteiger charge is -2.04. The average molecular weight is 283 g/mol. The Morgan fingerprint density at radius 3 is 2.89 bits per heavy atom. The van der Waals surface area contributed by atoms with E-state index in [-0.39, 0.29) is 5.75 Å². The topological polar surface area (TPSA) is 67.3 Å². The van der Waals surface area contributed by atoms with Gasteiger partial charge in [-0.3, -0.25) is 9.00 Å². The van der Waals surface area contributed by atoms with Crippen molar-refractivity contribution in [1.29, 1.82) is 0 Å². The molecule has 0 aliphatic heterocycles. The third-order valence-electron chi connectivity index (χ3n) is 2.48. The van der Waals surface area contributed by atoms with E-state index in [0.717, 1.165) is 15.2 Å². The molecule has 1 aromatic carbocycles. The van der Waals surface area contributed by atoms with Crippen molar-refractivity contribution in [2.75, 3.05) is 5.75 Å². The molecular formula is C12H13NO3S2. The van der Waals surface area contributed by atoms with Crippen LogP contribution in [0.5, 0.6) is 0 Å². The largest absolute Gasteiger partial charge is 0.481 e. The van der Waals surface area contributed by atoms with E-state index < -0.39 is 22.7 Å². The molecule has 18 heavy (non-hydrogen) atoms. The Morgan fingerprint density at radius 1 is 1.50 bits per heavy atom. The minimum absolute atomic E-state index is 0.172. The number of para-hydroxylation sites is 1. The van der Waals surface area contributed by atoms with E-state index >= 15 is 0 Å². The molecule has 1 aromatic heterocycles. The van der Waals surface area contributed by atoms with E-state index in [1.807, 2.05) is 24.3 Å². The highest BCUT2D eigenvalue weighted by Crippen LogP contribution is 2.22. The van der Waals surface area contributed by atoms with Gasteiger partial charge in [-0.05, 0) is 12.1 Å². The summed E-state index contributed by atoms with van der Waals surface area (Å²) in [6.45, 7) is 1.57. The number of carbonyl (C=O) groups is 1. The lowest BCUT2D eigenvalue weighted by molar-refractivity contribution is -0.140. The lowest BCUT2D eigenvalue weighted by atomic mass is 10.2. The smallest absolute Gasteiger partial charge is 0.307 e. The summed E-state index contributed by atoms with van der Waals surface area (Å²) in [6.07, 6.45) is 0. The number of aliphatic carboxylic acids is 1. The van der Waals surface area contributed by atoms with Gasteiger partial charge in [-0.1, -0.05) is 19.1 Å². The van der Waals surface area contributed by atoms with Crippen LogP contribution in [0.15, 0.2) is 24.3 Å². The second-order valence-electron chi connectivity index (χ2n) is 4.07. The normalized spacial score (nSPS) is 14.5. The van der Waals surface area contributed by atoms with Crippen LogP contribution in [0.1, 0.15) is 11.9 Å². The molecule has 0 spiro atoms. The highest BCUT2D eigenvalue weighted by atomic mass is 32.2. The Morgan fingerprint density at radius 2 is 2.22 bits per heavy atom. The fraction of sp³-hybridized carbons (Fsp3) is 0.333. The summed E-state index contributed by atoms with van der Waals surface area (Å²) in [5.41, 5.74) is 0.904. The Balaban J connectivity index is 2.05. The van der Waals surface area contributed by atoms with Crippen molar-refractivity contribution in [2.24, 2.45) is 5.92 Å². The molecule has 1 heterocycles. The van der Waals surface area contributed by atoms with Crippen LogP contribution in [0.2, 0.25) is 0 Å². The Kier molecular flexibility index (Phi) is 4.08. The van der Waals surface area contributed by atoms with Crippen LogP contribution in [-0.4, -0.2) is 26.0 Å². The van der Waals surface area contributed by atoms with Crippen molar-refractivity contribution < 1.29 is 14.1 Å². The summed E-state index contributed by atoms with van der Waals surface area (Å²) < 4.78 is 12.9. The first-order valence-electron chi connectivity index (χ1n) is 5.48. The van der Waals surface area contributed by atoms with E-state index in [2.05, 4.69) is 4.98 Å². The van der Waals surface area contributed by atoms with Crippen LogP contribution in [0.4, 0.5) is 0 Å². The first kappa shape index (κ1) is 13.2. The van der Waals surface area contributed by atoms with Gasteiger partial charge in [0.2, 0.25) is 0 Å². The minimum Gasteiger partial charge on any atom is -0.481 e. The maximum Gasteiger partial charge on any atom is 0.307 e. The molecule has 2 aromatic rings. The van der Waals surface area contributed by atoms with Gasteiger partial charge < -0.3 is 5.11 Å². The molecule has 4 nitrogen and oxygen atoms in total.